The van der Waals surface area contributed by atoms with Crippen molar-refractivity contribution >= 4 is 5.91 Å². The molecule has 1 aromatic carbocycles. The molecular weight excluding hydrogens is 302 g/mol. The summed E-state index contributed by atoms with van der Waals surface area (Å²) >= 11 is 0. The number of nitrogens with zero attached hydrogens (tertiary/aromatic N) is 2. The van der Waals surface area contributed by atoms with Gasteiger partial charge in [-0.15, -0.1) is 0 Å². The normalized spacial score (nSPS) is 20.7. The number of benzene rings is 1. The molecule has 0 saturated carbocycles. The molecule has 0 N–H and O–H groups in total. The van der Waals surface area contributed by atoms with Gasteiger partial charge in [0.05, 0.1) is 19.8 Å². The van der Waals surface area contributed by atoms with E-state index in [1.54, 1.807) is 6.07 Å². The van der Waals surface area contributed by atoms with Crippen molar-refractivity contribution in [2.75, 3.05) is 45.9 Å². The minimum Gasteiger partial charge on any atom is -0.378 e. The second-order valence-corrected chi connectivity index (χ2v) is 6.22. The van der Waals surface area contributed by atoms with Gasteiger partial charge in [0.2, 0.25) is 5.91 Å². The predicted molar refractivity (Wildman–Crippen MR) is 82.2 cm³/mol. The van der Waals surface area contributed by atoms with E-state index in [-0.39, 0.29) is 11.8 Å². The highest BCUT2D eigenvalue weighted by atomic mass is 19.2. The lowest BCUT2D eigenvalue weighted by Gasteiger charge is -2.34. The van der Waals surface area contributed by atoms with Crippen LogP contribution in [0.3, 0.4) is 0 Å². The fourth-order valence-corrected chi connectivity index (χ4v) is 3.29. The lowest BCUT2D eigenvalue weighted by atomic mass is 9.89. The molecular formula is C17H22F2N2O2. The first-order valence-electron chi connectivity index (χ1n) is 8.16. The highest BCUT2D eigenvalue weighted by Crippen LogP contribution is 2.28. The summed E-state index contributed by atoms with van der Waals surface area (Å²) < 4.78 is 31.6. The van der Waals surface area contributed by atoms with Crippen LogP contribution in [-0.4, -0.2) is 61.6 Å². The third-order valence-corrected chi connectivity index (χ3v) is 4.73. The summed E-state index contributed by atoms with van der Waals surface area (Å²) in [5, 5.41) is 0. The highest BCUT2D eigenvalue weighted by molar-refractivity contribution is 5.78. The van der Waals surface area contributed by atoms with Crippen LogP contribution in [0.4, 0.5) is 8.78 Å². The Kier molecular flexibility index (Phi) is 5.23. The van der Waals surface area contributed by atoms with Gasteiger partial charge in [0, 0.05) is 13.1 Å². The summed E-state index contributed by atoms with van der Waals surface area (Å²) in [6, 6.07) is 4.16. The standard InChI is InChI=1S/C17H22F2N2O2/c18-15-2-1-14(11-16(15)19)13-3-5-20(6-4-13)12-17(22)21-7-9-23-10-8-21/h1-2,11,13H,3-10,12H2. The quantitative estimate of drug-likeness (QED) is 0.853. The first-order valence-corrected chi connectivity index (χ1v) is 8.16. The largest absolute Gasteiger partial charge is 0.378 e. The molecule has 0 atom stereocenters. The zero-order chi connectivity index (χ0) is 16.2. The third-order valence-electron chi connectivity index (χ3n) is 4.73. The second-order valence-electron chi connectivity index (χ2n) is 6.22. The molecule has 0 aliphatic carbocycles. The van der Waals surface area contributed by atoms with E-state index in [0.717, 1.165) is 31.5 Å². The molecule has 126 valence electrons. The van der Waals surface area contributed by atoms with Crippen LogP contribution in [0.2, 0.25) is 0 Å². The monoisotopic (exact) mass is 324 g/mol. The zero-order valence-electron chi connectivity index (χ0n) is 13.1. The molecule has 6 heteroatoms. The highest BCUT2D eigenvalue weighted by Gasteiger charge is 2.25. The molecule has 0 radical (unpaired) electrons. The minimum absolute atomic E-state index is 0.152. The summed E-state index contributed by atoms with van der Waals surface area (Å²) in [7, 11) is 0. The number of ether oxygens (including phenoxy) is 1. The van der Waals surface area contributed by atoms with Crippen molar-refractivity contribution < 1.29 is 18.3 Å². The molecule has 3 rings (SSSR count). The van der Waals surface area contributed by atoms with E-state index in [0.29, 0.717) is 32.8 Å². The number of carbonyl (C=O) groups is 1. The van der Waals surface area contributed by atoms with E-state index in [1.807, 2.05) is 4.90 Å². The molecule has 2 aliphatic heterocycles. The van der Waals surface area contributed by atoms with Crippen molar-refractivity contribution in [3.8, 4) is 0 Å². The molecule has 0 spiro atoms. The first-order chi connectivity index (χ1) is 11.1. The Balaban J connectivity index is 1.49. The molecule has 0 unspecified atom stereocenters. The fraction of sp³-hybridized carbons (Fsp3) is 0.588. The number of halogens is 2. The fourth-order valence-electron chi connectivity index (χ4n) is 3.29. The average molecular weight is 324 g/mol. The smallest absolute Gasteiger partial charge is 0.236 e. The molecule has 2 fully saturated rings. The van der Waals surface area contributed by atoms with Crippen molar-refractivity contribution in [3.63, 3.8) is 0 Å². The third kappa shape index (κ3) is 4.06. The van der Waals surface area contributed by atoms with Crippen LogP contribution in [0.25, 0.3) is 0 Å². The number of likely N-dealkylation sites (tertiary alicyclic amines) is 1. The summed E-state index contributed by atoms with van der Waals surface area (Å²) in [6.07, 6.45) is 1.73. The molecule has 2 saturated heterocycles. The van der Waals surface area contributed by atoms with Gasteiger partial charge in [0.1, 0.15) is 0 Å². The molecule has 0 bridgehead atoms. The van der Waals surface area contributed by atoms with Crippen molar-refractivity contribution in [1.82, 2.24) is 9.80 Å². The summed E-state index contributed by atoms with van der Waals surface area (Å²) in [5.41, 5.74) is 0.850. The second kappa shape index (κ2) is 7.36. The number of morpholine rings is 1. The summed E-state index contributed by atoms with van der Waals surface area (Å²) in [4.78, 5) is 16.2. The molecule has 0 aromatic heterocycles. The summed E-state index contributed by atoms with van der Waals surface area (Å²) in [5.74, 6) is -1.20. The van der Waals surface area contributed by atoms with Gasteiger partial charge in [-0.25, -0.2) is 8.78 Å². The van der Waals surface area contributed by atoms with Crippen LogP contribution < -0.4 is 0 Å². The van der Waals surface area contributed by atoms with Gasteiger partial charge >= 0.3 is 0 Å². The van der Waals surface area contributed by atoms with Gasteiger partial charge in [0.25, 0.3) is 0 Å². The van der Waals surface area contributed by atoms with Gasteiger partial charge < -0.3 is 9.64 Å². The minimum atomic E-state index is -0.803. The van der Waals surface area contributed by atoms with E-state index in [1.165, 1.54) is 12.1 Å². The lowest BCUT2D eigenvalue weighted by Crippen LogP contribution is -2.47. The Labute approximate surface area is 135 Å². The van der Waals surface area contributed by atoms with E-state index >= 15 is 0 Å². The number of rotatable bonds is 3. The maximum atomic E-state index is 13.3. The van der Waals surface area contributed by atoms with Crippen LogP contribution in [0.15, 0.2) is 18.2 Å². The van der Waals surface area contributed by atoms with Crippen molar-refractivity contribution in [2.24, 2.45) is 0 Å². The molecule has 1 amide bonds. The Morgan fingerprint density at radius 3 is 2.43 bits per heavy atom. The van der Waals surface area contributed by atoms with Crippen LogP contribution >= 0.6 is 0 Å². The van der Waals surface area contributed by atoms with Gasteiger partial charge in [-0.1, -0.05) is 6.07 Å². The van der Waals surface area contributed by atoms with Crippen LogP contribution in [0, 0.1) is 11.6 Å². The number of carbonyl (C=O) groups excluding carboxylic acids is 1. The maximum Gasteiger partial charge on any atom is 0.236 e. The average Bonchev–Trinajstić information content (AvgIpc) is 2.59. The van der Waals surface area contributed by atoms with E-state index in [9.17, 15) is 13.6 Å². The van der Waals surface area contributed by atoms with E-state index in [4.69, 9.17) is 4.74 Å². The number of piperidine rings is 1. The molecule has 2 heterocycles. The number of hydrogen-bond acceptors (Lipinski definition) is 3. The van der Waals surface area contributed by atoms with Gasteiger partial charge in [-0.2, -0.15) is 0 Å². The van der Waals surface area contributed by atoms with Crippen LogP contribution in [-0.2, 0) is 9.53 Å². The predicted octanol–water partition coefficient (Wildman–Crippen LogP) is 2.00. The summed E-state index contributed by atoms with van der Waals surface area (Å²) in [6.45, 7) is 4.62. The zero-order valence-corrected chi connectivity index (χ0v) is 13.1. The topological polar surface area (TPSA) is 32.8 Å². The van der Waals surface area contributed by atoms with E-state index < -0.39 is 11.6 Å². The Morgan fingerprint density at radius 2 is 1.78 bits per heavy atom. The Hall–Kier alpha value is -1.53. The Bertz CT molecular complexity index is 554. The van der Waals surface area contributed by atoms with Crippen LogP contribution in [0.1, 0.15) is 24.3 Å². The molecule has 1 aromatic rings. The molecule has 23 heavy (non-hydrogen) atoms. The number of amides is 1. The molecule has 4 nitrogen and oxygen atoms in total. The van der Waals surface area contributed by atoms with Gasteiger partial charge in [-0.3, -0.25) is 9.69 Å². The van der Waals surface area contributed by atoms with Gasteiger partial charge in [-0.05, 0) is 49.5 Å². The molecule has 2 aliphatic rings. The number of hydrogen-bond donors (Lipinski definition) is 0. The Morgan fingerprint density at radius 1 is 1.09 bits per heavy atom. The van der Waals surface area contributed by atoms with Crippen molar-refractivity contribution in [3.05, 3.63) is 35.4 Å². The van der Waals surface area contributed by atoms with Crippen molar-refractivity contribution in [2.45, 2.75) is 18.8 Å². The van der Waals surface area contributed by atoms with Gasteiger partial charge in [0.15, 0.2) is 11.6 Å². The van der Waals surface area contributed by atoms with E-state index in [2.05, 4.69) is 4.90 Å². The first kappa shape index (κ1) is 16.3. The van der Waals surface area contributed by atoms with Crippen LogP contribution in [0.5, 0.6) is 0 Å². The SMILES string of the molecule is O=C(CN1CCC(c2ccc(F)c(F)c2)CC1)N1CCOCC1. The van der Waals surface area contributed by atoms with Crippen molar-refractivity contribution in [1.29, 1.82) is 0 Å². The lowest BCUT2D eigenvalue weighted by molar-refractivity contribution is -0.136. The maximum absolute atomic E-state index is 13.3.